The highest BCUT2D eigenvalue weighted by Crippen LogP contribution is 2.26. The van der Waals surface area contributed by atoms with Crippen LogP contribution in [0.5, 0.6) is 0 Å². The van der Waals surface area contributed by atoms with Gasteiger partial charge >= 0.3 is 5.97 Å². The highest BCUT2D eigenvalue weighted by molar-refractivity contribution is 5.96. The third-order valence-corrected chi connectivity index (χ3v) is 4.32. The number of carbonyl (C=O) groups is 2. The summed E-state index contributed by atoms with van der Waals surface area (Å²) >= 11 is 0. The van der Waals surface area contributed by atoms with Crippen molar-refractivity contribution in [3.05, 3.63) is 29.8 Å². The Morgan fingerprint density at radius 3 is 2.50 bits per heavy atom. The van der Waals surface area contributed by atoms with Gasteiger partial charge in [-0.05, 0) is 25.0 Å². The molecule has 1 amide bonds. The van der Waals surface area contributed by atoms with Gasteiger partial charge in [0.1, 0.15) is 5.54 Å². The van der Waals surface area contributed by atoms with Crippen LogP contribution in [0.3, 0.4) is 0 Å². The fourth-order valence-corrected chi connectivity index (χ4v) is 3.01. The second-order valence-corrected chi connectivity index (χ2v) is 6.05. The molecule has 0 atom stereocenters. The Balaban J connectivity index is 1.98. The lowest BCUT2D eigenvalue weighted by molar-refractivity contribution is -0.120. The van der Waals surface area contributed by atoms with Crippen LogP contribution in [0.15, 0.2) is 24.3 Å². The summed E-state index contributed by atoms with van der Waals surface area (Å²) < 4.78 is 4.73. The molecule has 0 unspecified atom stereocenters. The smallest absolute Gasteiger partial charge is 0.339 e. The maximum atomic E-state index is 12.3. The Labute approximate surface area is 142 Å². The van der Waals surface area contributed by atoms with Crippen molar-refractivity contribution >= 4 is 17.6 Å². The molecule has 1 aliphatic rings. The van der Waals surface area contributed by atoms with Gasteiger partial charge < -0.3 is 15.4 Å². The largest absolute Gasteiger partial charge is 0.465 e. The van der Waals surface area contributed by atoms with Crippen LogP contribution < -0.4 is 10.6 Å². The minimum absolute atomic E-state index is 0.00254. The molecule has 6 nitrogen and oxygen atoms in total. The van der Waals surface area contributed by atoms with E-state index in [0.29, 0.717) is 24.1 Å². The molecule has 2 rings (SSSR count). The number of rotatable bonds is 5. The molecule has 1 fully saturated rings. The van der Waals surface area contributed by atoms with Crippen molar-refractivity contribution in [2.24, 2.45) is 0 Å². The summed E-state index contributed by atoms with van der Waals surface area (Å²) in [6, 6.07) is 9.14. The zero-order valence-electron chi connectivity index (χ0n) is 13.9. The van der Waals surface area contributed by atoms with Crippen LogP contribution in [0.2, 0.25) is 0 Å². The van der Waals surface area contributed by atoms with Crippen molar-refractivity contribution in [3.63, 3.8) is 0 Å². The number of hydrogen-bond acceptors (Lipinski definition) is 5. The number of benzene rings is 1. The standard InChI is InChI=1S/C18H23N3O3/c1-24-17(23)14-8-4-5-9-15(14)20-12-16(22)21-18(13-19)10-6-2-3-7-11-18/h4-5,8-9,20H,2-3,6-7,10-12H2,1H3,(H,21,22). The normalized spacial score (nSPS) is 16.3. The van der Waals surface area contributed by atoms with Crippen LogP contribution >= 0.6 is 0 Å². The average Bonchev–Trinajstić information content (AvgIpc) is 2.85. The molecular weight excluding hydrogens is 306 g/mol. The van der Waals surface area contributed by atoms with Crippen molar-refractivity contribution in [3.8, 4) is 6.07 Å². The van der Waals surface area contributed by atoms with E-state index in [1.165, 1.54) is 7.11 Å². The summed E-state index contributed by atoms with van der Waals surface area (Å²) in [5.74, 6) is -0.714. The molecule has 0 aliphatic heterocycles. The van der Waals surface area contributed by atoms with E-state index in [1.807, 2.05) is 0 Å². The quantitative estimate of drug-likeness (QED) is 0.640. The molecule has 0 spiro atoms. The van der Waals surface area contributed by atoms with Crippen LogP contribution in [0, 0.1) is 11.3 Å². The Morgan fingerprint density at radius 1 is 1.21 bits per heavy atom. The van der Waals surface area contributed by atoms with Crippen LogP contribution in [0.4, 0.5) is 5.69 Å². The molecule has 0 heterocycles. The van der Waals surface area contributed by atoms with Crippen LogP contribution in [-0.2, 0) is 9.53 Å². The highest BCUT2D eigenvalue weighted by Gasteiger charge is 2.32. The van der Waals surface area contributed by atoms with E-state index >= 15 is 0 Å². The number of esters is 1. The van der Waals surface area contributed by atoms with Gasteiger partial charge in [-0.1, -0.05) is 37.8 Å². The van der Waals surface area contributed by atoms with Crippen molar-refractivity contribution in [2.45, 2.75) is 44.1 Å². The van der Waals surface area contributed by atoms with E-state index in [1.54, 1.807) is 24.3 Å². The molecule has 0 aromatic heterocycles. The molecule has 0 radical (unpaired) electrons. The van der Waals surface area contributed by atoms with Gasteiger partial charge in [-0.3, -0.25) is 4.79 Å². The molecule has 2 N–H and O–H groups in total. The topological polar surface area (TPSA) is 91.2 Å². The molecule has 24 heavy (non-hydrogen) atoms. The molecule has 6 heteroatoms. The summed E-state index contributed by atoms with van der Waals surface area (Å²) in [7, 11) is 1.31. The first-order chi connectivity index (χ1) is 11.6. The number of nitriles is 1. The predicted octanol–water partition coefficient (Wildman–Crippen LogP) is 2.62. The molecular formula is C18H23N3O3. The minimum Gasteiger partial charge on any atom is -0.465 e. The molecule has 1 aliphatic carbocycles. The van der Waals surface area contributed by atoms with Crippen molar-refractivity contribution in [1.29, 1.82) is 5.26 Å². The summed E-state index contributed by atoms with van der Waals surface area (Å²) in [5, 5.41) is 15.3. The van der Waals surface area contributed by atoms with E-state index in [0.717, 1.165) is 25.7 Å². The number of hydrogen-bond donors (Lipinski definition) is 2. The maximum Gasteiger partial charge on any atom is 0.339 e. The van der Waals surface area contributed by atoms with Gasteiger partial charge in [0, 0.05) is 5.69 Å². The lowest BCUT2D eigenvalue weighted by Crippen LogP contribution is -2.49. The summed E-state index contributed by atoms with van der Waals surface area (Å²) in [4.78, 5) is 24.0. The second-order valence-electron chi connectivity index (χ2n) is 6.05. The molecule has 1 aromatic carbocycles. The first-order valence-electron chi connectivity index (χ1n) is 8.24. The van der Waals surface area contributed by atoms with Gasteiger partial charge in [0.25, 0.3) is 0 Å². The van der Waals surface area contributed by atoms with Crippen LogP contribution in [-0.4, -0.2) is 31.1 Å². The number of methoxy groups -OCH3 is 1. The second kappa shape index (κ2) is 8.34. The van der Waals surface area contributed by atoms with E-state index in [-0.39, 0.29) is 12.5 Å². The average molecular weight is 329 g/mol. The Hall–Kier alpha value is -2.55. The third-order valence-electron chi connectivity index (χ3n) is 4.32. The summed E-state index contributed by atoms with van der Waals surface area (Å²) in [6.07, 6.45) is 5.48. The van der Waals surface area contributed by atoms with Gasteiger partial charge in [0.2, 0.25) is 5.91 Å². The number of para-hydroxylation sites is 1. The summed E-state index contributed by atoms with van der Waals surface area (Å²) in [5.41, 5.74) is 0.139. The van der Waals surface area contributed by atoms with E-state index < -0.39 is 11.5 Å². The molecule has 128 valence electrons. The van der Waals surface area contributed by atoms with E-state index in [2.05, 4.69) is 16.7 Å². The number of ether oxygens (including phenoxy) is 1. The minimum atomic E-state index is -0.767. The van der Waals surface area contributed by atoms with Gasteiger partial charge in [-0.25, -0.2) is 4.79 Å². The number of amides is 1. The monoisotopic (exact) mass is 329 g/mol. The first kappa shape index (κ1) is 17.8. The fraction of sp³-hybridized carbons (Fsp3) is 0.500. The van der Waals surface area contributed by atoms with Gasteiger partial charge in [0.05, 0.1) is 25.3 Å². The first-order valence-corrected chi connectivity index (χ1v) is 8.24. The van der Waals surface area contributed by atoms with E-state index in [9.17, 15) is 14.9 Å². The van der Waals surface area contributed by atoms with Crippen LogP contribution in [0.25, 0.3) is 0 Å². The Bertz CT molecular complexity index is 629. The highest BCUT2D eigenvalue weighted by atomic mass is 16.5. The zero-order chi connectivity index (χ0) is 17.4. The lowest BCUT2D eigenvalue weighted by atomic mass is 9.92. The van der Waals surface area contributed by atoms with Gasteiger partial charge in [0.15, 0.2) is 0 Å². The van der Waals surface area contributed by atoms with Crippen molar-refractivity contribution in [1.82, 2.24) is 5.32 Å². The number of carbonyl (C=O) groups excluding carboxylic acids is 2. The van der Waals surface area contributed by atoms with Crippen molar-refractivity contribution < 1.29 is 14.3 Å². The van der Waals surface area contributed by atoms with Crippen LogP contribution in [0.1, 0.15) is 48.9 Å². The number of anilines is 1. The molecule has 1 aromatic rings. The fourth-order valence-electron chi connectivity index (χ4n) is 3.01. The van der Waals surface area contributed by atoms with Gasteiger partial charge in [-0.15, -0.1) is 0 Å². The summed E-state index contributed by atoms with van der Waals surface area (Å²) in [6.45, 7) is -0.00254. The maximum absolute atomic E-state index is 12.3. The number of nitrogens with zero attached hydrogens (tertiary/aromatic N) is 1. The van der Waals surface area contributed by atoms with E-state index in [4.69, 9.17) is 4.74 Å². The van der Waals surface area contributed by atoms with Gasteiger partial charge in [-0.2, -0.15) is 5.26 Å². The molecule has 0 bridgehead atoms. The Kier molecular flexibility index (Phi) is 6.19. The number of nitrogens with one attached hydrogen (secondary N) is 2. The lowest BCUT2D eigenvalue weighted by Gasteiger charge is -2.26. The SMILES string of the molecule is COC(=O)c1ccccc1NCC(=O)NC1(C#N)CCCCCC1. The predicted molar refractivity (Wildman–Crippen MR) is 90.5 cm³/mol. The van der Waals surface area contributed by atoms with Crippen molar-refractivity contribution in [2.75, 3.05) is 19.0 Å². The third kappa shape index (κ3) is 4.48. The Morgan fingerprint density at radius 2 is 1.88 bits per heavy atom. The molecule has 0 saturated heterocycles. The molecule has 1 saturated carbocycles. The zero-order valence-corrected chi connectivity index (χ0v) is 13.9.